The number of hydrogen-bond acceptors (Lipinski definition) is 6. The first-order valence-electron chi connectivity index (χ1n) is 12.2. The van der Waals surface area contributed by atoms with Crippen molar-refractivity contribution in [1.29, 1.82) is 0 Å². The van der Waals surface area contributed by atoms with Gasteiger partial charge in [0.15, 0.2) is 0 Å². The van der Waals surface area contributed by atoms with E-state index < -0.39 is 23.7 Å². The maximum Gasteiger partial charge on any atom is 0.238 e. The maximum absolute atomic E-state index is 13.6. The normalized spacial score (nSPS) is 35.5. The Hall–Kier alpha value is -3.94. The summed E-state index contributed by atoms with van der Waals surface area (Å²) in [5.74, 6) is -2.21. The van der Waals surface area contributed by atoms with Gasteiger partial charge in [0.2, 0.25) is 23.6 Å². The molecule has 2 aliphatic heterocycles. The standard InChI is InChI=1S/C28H24N2O6/c1-35-15-7-3-13(4-8-15)29-25(31)21-17-11-12-18(22(21)26(29)32)20-19(17)23-24(20)28(34)30(27(23)33)14-5-9-16(36-2)10-6-14/h3-12,17-24H,1-2H3. The molecule has 8 atom stereocenters. The Labute approximate surface area is 207 Å². The largest absolute Gasteiger partial charge is 0.497 e. The zero-order valence-corrected chi connectivity index (χ0v) is 19.7. The first-order valence-corrected chi connectivity index (χ1v) is 12.2. The molecule has 0 radical (unpaired) electrons. The Morgan fingerprint density at radius 1 is 0.528 bits per heavy atom. The summed E-state index contributed by atoms with van der Waals surface area (Å²) < 4.78 is 10.4. The second-order valence-electron chi connectivity index (χ2n) is 10.2. The van der Waals surface area contributed by atoms with E-state index in [1.54, 1.807) is 62.8 Å². The molecule has 0 aromatic heterocycles. The van der Waals surface area contributed by atoms with Crippen molar-refractivity contribution in [2.45, 2.75) is 0 Å². The highest BCUT2D eigenvalue weighted by molar-refractivity contribution is 6.25. The number of fused-ring (bicyclic) bond motifs is 1. The summed E-state index contributed by atoms with van der Waals surface area (Å²) in [7, 11) is 3.12. The van der Waals surface area contributed by atoms with Gasteiger partial charge in [-0.25, -0.2) is 0 Å². The molecule has 2 aromatic carbocycles. The van der Waals surface area contributed by atoms with Gasteiger partial charge in [-0.2, -0.15) is 0 Å². The van der Waals surface area contributed by atoms with Crippen LogP contribution >= 0.6 is 0 Å². The number of rotatable bonds is 4. The second-order valence-corrected chi connectivity index (χ2v) is 10.2. The first kappa shape index (κ1) is 21.4. The average molecular weight is 485 g/mol. The van der Waals surface area contributed by atoms with Gasteiger partial charge in [-0.1, -0.05) is 12.2 Å². The summed E-state index contributed by atoms with van der Waals surface area (Å²) in [6.07, 6.45) is 4.03. The minimum absolute atomic E-state index is 0.112. The highest BCUT2D eigenvalue weighted by Crippen LogP contribution is 2.68. The van der Waals surface area contributed by atoms with Gasteiger partial charge >= 0.3 is 0 Å². The number of methoxy groups -OCH3 is 2. The lowest BCUT2D eigenvalue weighted by Gasteiger charge is -2.60. The number of carbonyl (C=O) groups is 4. The van der Waals surface area contributed by atoms with Crippen LogP contribution in [0.3, 0.4) is 0 Å². The molecular formula is C28H24N2O6. The Morgan fingerprint density at radius 3 is 1.19 bits per heavy atom. The number of benzene rings is 2. The zero-order valence-electron chi connectivity index (χ0n) is 19.7. The molecule has 4 fully saturated rings. The Kier molecular flexibility index (Phi) is 4.32. The average Bonchev–Trinajstić information content (AvgIpc) is 3.28. The van der Waals surface area contributed by atoms with Crippen LogP contribution in [0.1, 0.15) is 0 Å². The number of amides is 4. The number of hydrogen-bond donors (Lipinski definition) is 0. The summed E-state index contributed by atoms with van der Waals surface area (Å²) >= 11 is 0. The van der Waals surface area contributed by atoms with Crippen molar-refractivity contribution < 1.29 is 28.7 Å². The fourth-order valence-electron chi connectivity index (χ4n) is 7.57. The quantitative estimate of drug-likeness (QED) is 0.489. The SMILES string of the molecule is COc1ccc(N2C(=O)C3C4C=CC(C3C2=O)C2C3C(=O)N(c5ccc(OC)cc5)C(=O)C3C42)cc1. The third-order valence-corrected chi connectivity index (χ3v) is 9.00. The minimum Gasteiger partial charge on any atom is -0.497 e. The molecule has 8 unspecified atom stereocenters. The molecule has 2 saturated heterocycles. The van der Waals surface area contributed by atoms with Crippen molar-refractivity contribution in [1.82, 2.24) is 0 Å². The van der Waals surface area contributed by atoms with Gasteiger partial charge in [-0.3, -0.25) is 29.0 Å². The summed E-state index contributed by atoms with van der Waals surface area (Å²) in [5.41, 5.74) is 1.04. The highest BCUT2D eigenvalue weighted by atomic mass is 16.5. The smallest absolute Gasteiger partial charge is 0.238 e. The molecule has 8 heteroatoms. The third kappa shape index (κ3) is 2.49. The molecule has 2 bridgehead atoms. The third-order valence-electron chi connectivity index (χ3n) is 9.00. The van der Waals surface area contributed by atoms with E-state index in [9.17, 15) is 19.2 Å². The van der Waals surface area contributed by atoms with Crippen molar-refractivity contribution in [2.24, 2.45) is 47.3 Å². The Morgan fingerprint density at radius 2 is 0.861 bits per heavy atom. The summed E-state index contributed by atoms with van der Waals surface area (Å²) in [6.45, 7) is 0. The van der Waals surface area contributed by atoms with E-state index in [1.165, 1.54) is 9.80 Å². The van der Waals surface area contributed by atoms with Crippen LogP contribution in [0.2, 0.25) is 0 Å². The van der Waals surface area contributed by atoms with Crippen LogP contribution in [-0.4, -0.2) is 37.8 Å². The molecule has 2 saturated carbocycles. The van der Waals surface area contributed by atoms with Gasteiger partial charge in [0.05, 0.1) is 49.3 Å². The van der Waals surface area contributed by atoms with Gasteiger partial charge in [0.1, 0.15) is 11.5 Å². The fourth-order valence-corrected chi connectivity index (χ4v) is 7.57. The molecule has 6 aliphatic rings. The number of allylic oxidation sites excluding steroid dienone is 2. The molecule has 182 valence electrons. The number of imide groups is 2. The van der Waals surface area contributed by atoms with E-state index in [-0.39, 0.29) is 47.3 Å². The Balaban J connectivity index is 1.22. The van der Waals surface area contributed by atoms with E-state index >= 15 is 0 Å². The number of ether oxygens (including phenoxy) is 2. The molecule has 0 spiro atoms. The first-order chi connectivity index (χ1) is 17.5. The van der Waals surface area contributed by atoms with Crippen LogP contribution in [0.15, 0.2) is 60.7 Å². The summed E-state index contributed by atoms with van der Waals surface area (Å²) in [4.78, 5) is 56.9. The van der Waals surface area contributed by atoms with Gasteiger partial charge < -0.3 is 9.47 Å². The van der Waals surface area contributed by atoms with Crippen LogP contribution in [0.25, 0.3) is 0 Å². The number of carbonyl (C=O) groups excluding carboxylic acids is 4. The van der Waals surface area contributed by atoms with Crippen molar-refractivity contribution in [3.05, 3.63) is 60.7 Å². The van der Waals surface area contributed by atoms with Crippen molar-refractivity contribution >= 4 is 35.0 Å². The fraction of sp³-hybridized carbons (Fsp3) is 0.357. The molecule has 36 heavy (non-hydrogen) atoms. The number of anilines is 2. The van der Waals surface area contributed by atoms with Crippen LogP contribution in [0.4, 0.5) is 11.4 Å². The molecule has 4 amide bonds. The van der Waals surface area contributed by atoms with Crippen LogP contribution < -0.4 is 19.3 Å². The zero-order chi connectivity index (χ0) is 24.9. The lowest BCUT2D eigenvalue weighted by molar-refractivity contribution is -0.166. The summed E-state index contributed by atoms with van der Waals surface area (Å²) in [6, 6.07) is 13.8. The topological polar surface area (TPSA) is 93.2 Å². The molecular weight excluding hydrogens is 460 g/mol. The van der Waals surface area contributed by atoms with E-state index in [2.05, 4.69) is 0 Å². The van der Waals surface area contributed by atoms with Crippen molar-refractivity contribution in [2.75, 3.05) is 24.0 Å². The Bertz CT molecular complexity index is 1290. The monoisotopic (exact) mass is 484 g/mol. The number of nitrogens with zero attached hydrogens (tertiary/aromatic N) is 2. The maximum atomic E-state index is 13.6. The summed E-state index contributed by atoms with van der Waals surface area (Å²) in [5, 5.41) is 0. The molecule has 8 rings (SSSR count). The van der Waals surface area contributed by atoms with Crippen LogP contribution in [0, 0.1) is 47.3 Å². The molecule has 0 N–H and O–H groups in total. The van der Waals surface area contributed by atoms with E-state index in [0.717, 1.165) is 0 Å². The van der Waals surface area contributed by atoms with Crippen molar-refractivity contribution in [3.8, 4) is 11.5 Å². The second kappa shape index (κ2) is 7.29. The van der Waals surface area contributed by atoms with Crippen LogP contribution in [-0.2, 0) is 19.2 Å². The predicted molar refractivity (Wildman–Crippen MR) is 128 cm³/mol. The molecule has 4 aliphatic carbocycles. The molecule has 2 heterocycles. The predicted octanol–water partition coefficient (Wildman–Crippen LogP) is 2.68. The van der Waals surface area contributed by atoms with E-state index in [4.69, 9.17) is 9.47 Å². The minimum atomic E-state index is -0.505. The van der Waals surface area contributed by atoms with Crippen LogP contribution in [0.5, 0.6) is 11.5 Å². The van der Waals surface area contributed by atoms with Gasteiger partial charge in [-0.05, 0) is 72.2 Å². The lowest BCUT2D eigenvalue weighted by Crippen LogP contribution is -2.63. The van der Waals surface area contributed by atoms with Crippen molar-refractivity contribution in [3.63, 3.8) is 0 Å². The van der Waals surface area contributed by atoms with E-state index in [1.807, 2.05) is 12.2 Å². The van der Waals surface area contributed by atoms with Gasteiger partial charge in [0.25, 0.3) is 0 Å². The van der Waals surface area contributed by atoms with Gasteiger partial charge in [0, 0.05) is 0 Å². The highest BCUT2D eigenvalue weighted by Gasteiger charge is 2.75. The van der Waals surface area contributed by atoms with Gasteiger partial charge in [-0.15, -0.1) is 0 Å². The molecule has 2 aromatic rings. The molecule has 8 nitrogen and oxygen atoms in total. The van der Waals surface area contributed by atoms with E-state index in [0.29, 0.717) is 22.9 Å². The lowest BCUT2D eigenvalue weighted by atomic mass is 9.40.